The van der Waals surface area contributed by atoms with E-state index in [-0.39, 0.29) is 18.4 Å². The van der Waals surface area contributed by atoms with Gasteiger partial charge in [-0.3, -0.25) is 9.59 Å². The zero-order valence-corrected chi connectivity index (χ0v) is 14.8. The van der Waals surface area contributed by atoms with Gasteiger partial charge in [-0.1, -0.05) is 36.4 Å². The van der Waals surface area contributed by atoms with Gasteiger partial charge in [0.05, 0.1) is 18.0 Å². The molecule has 25 heavy (non-hydrogen) atoms. The number of hydrogen-bond donors (Lipinski definition) is 1. The summed E-state index contributed by atoms with van der Waals surface area (Å²) in [6.45, 7) is 1.00. The normalized spacial score (nSPS) is 13.5. The molecular weight excluding hydrogens is 336 g/mol. The van der Waals surface area contributed by atoms with Gasteiger partial charge in [0, 0.05) is 18.6 Å². The standard InChI is InChI=1S/C19H20N2O3S/c1-24-12-15-6-4-5-14(9-15)10-20-18(22)11-21-16-7-2-3-8-17(16)25-13-19(21)23/h2-9H,10-13H2,1H3,(H,20,22). The van der Waals surface area contributed by atoms with Crippen LogP contribution >= 0.6 is 11.8 Å². The second kappa shape index (κ2) is 8.18. The lowest BCUT2D eigenvalue weighted by molar-refractivity contribution is -0.123. The summed E-state index contributed by atoms with van der Waals surface area (Å²) in [5.41, 5.74) is 2.87. The van der Waals surface area contributed by atoms with Crippen LogP contribution in [0.2, 0.25) is 0 Å². The predicted molar refractivity (Wildman–Crippen MR) is 98.5 cm³/mol. The first-order chi connectivity index (χ1) is 12.2. The summed E-state index contributed by atoms with van der Waals surface area (Å²) in [5, 5.41) is 2.89. The van der Waals surface area contributed by atoms with Gasteiger partial charge >= 0.3 is 0 Å². The number of nitrogens with one attached hydrogen (secondary N) is 1. The number of rotatable bonds is 6. The summed E-state index contributed by atoms with van der Waals surface area (Å²) in [6.07, 6.45) is 0. The van der Waals surface area contributed by atoms with Crippen LogP contribution in [-0.4, -0.2) is 31.2 Å². The molecule has 130 valence electrons. The van der Waals surface area contributed by atoms with Crippen LogP contribution in [0, 0.1) is 0 Å². The molecule has 0 aliphatic carbocycles. The van der Waals surface area contributed by atoms with Crippen molar-refractivity contribution in [1.29, 1.82) is 0 Å². The number of ether oxygens (including phenoxy) is 1. The molecule has 0 bridgehead atoms. The van der Waals surface area contributed by atoms with E-state index in [1.165, 1.54) is 11.8 Å². The first kappa shape index (κ1) is 17.5. The molecule has 0 unspecified atom stereocenters. The number of benzene rings is 2. The monoisotopic (exact) mass is 356 g/mol. The van der Waals surface area contributed by atoms with Gasteiger partial charge in [-0.05, 0) is 23.3 Å². The van der Waals surface area contributed by atoms with Crippen molar-refractivity contribution in [3.8, 4) is 0 Å². The molecule has 0 radical (unpaired) electrons. The number of thioether (sulfide) groups is 1. The van der Waals surface area contributed by atoms with Crippen molar-refractivity contribution in [2.75, 3.05) is 24.3 Å². The number of amides is 2. The summed E-state index contributed by atoms with van der Waals surface area (Å²) in [5.74, 6) is 0.150. The third kappa shape index (κ3) is 4.41. The highest BCUT2D eigenvalue weighted by molar-refractivity contribution is 8.00. The molecule has 0 fully saturated rings. The highest BCUT2D eigenvalue weighted by Gasteiger charge is 2.25. The average Bonchev–Trinajstić information content (AvgIpc) is 2.63. The van der Waals surface area contributed by atoms with Gasteiger partial charge in [0.15, 0.2) is 0 Å². The number of fused-ring (bicyclic) bond motifs is 1. The zero-order chi connectivity index (χ0) is 17.6. The van der Waals surface area contributed by atoms with E-state index >= 15 is 0 Å². The molecule has 5 nitrogen and oxygen atoms in total. The van der Waals surface area contributed by atoms with E-state index in [0.717, 1.165) is 21.7 Å². The lowest BCUT2D eigenvalue weighted by Crippen LogP contribution is -2.43. The van der Waals surface area contributed by atoms with E-state index in [2.05, 4.69) is 5.32 Å². The minimum absolute atomic E-state index is 0.0359. The Balaban J connectivity index is 1.61. The number of anilines is 1. The Morgan fingerprint density at radius 3 is 2.84 bits per heavy atom. The summed E-state index contributed by atoms with van der Waals surface area (Å²) >= 11 is 1.51. The molecular formula is C19H20N2O3S. The van der Waals surface area contributed by atoms with Gasteiger partial charge in [-0.2, -0.15) is 0 Å². The number of carbonyl (C=O) groups excluding carboxylic acids is 2. The Morgan fingerprint density at radius 1 is 1.20 bits per heavy atom. The van der Waals surface area contributed by atoms with Crippen molar-refractivity contribution < 1.29 is 14.3 Å². The third-order valence-electron chi connectivity index (χ3n) is 3.90. The van der Waals surface area contributed by atoms with Gasteiger partial charge in [0.25, 0.3) is 0 Å². The maximum absolute atomic E-state index is 12.3. The van der Waals surface area contributed by atoms with Gasteiger partial charge in [-0.15, -0.1) is 11.8 Å². The Bertz CT molecular complexity index is 779. The highest BCUT2D eigenvalue weighted by Crippen LogP contribution is 2.34. The molecule has 0 aromatic heterocycles. The summed E-state index contributed by atoms with van der Waals surface area (Å²) < 4.78 is 5.12. The molecule has 2 amide bonds. The Morgan fingerprint density at radius 2 is 2.00 bits per heavy atom. The maximum atomic E-state index is 12.3. The Kier molecular flexibility index (Phi) is 5.73. The Hall–Kier alpha value is -2.31. The van der Waals surface area contributed by atoms with Crippen molar-refractivity contribution in [2.45, 2.75) is 18.0 Å². The van der Waals surface area contributed by atoms with Crippen LogP contribution < -0.4 is 10.2 Å². The predicted octanol–water partition coefficient (Wildman–Crippen LogP) is 2.59. The van der Waals surface area contributed by atoms with Crippen LogP contribution in [0.3, 0.4) is 0 Å². The van der Waals surface area contributed by atoms with Crippen LogP contribution in [0.1, 0.15) is 11.1 Å². The van der Waals surface area contributed by atoms with Gasteiger partial charge in [0.1, 0.15) is 6.54 Å². The minimum Gasteiger partial charge on any atom is -0.380 e. The SMILES string of the molecule is COCc1cccc(CNC(=O)CN2C(=O)CSc3ccccc32)c1. The molecule has 2 aromatic rings. The summed E-state index contributed by atoms with van der Waals surface area (Å²) in [7, 11) is 1.65. The molecule has 1 aliphatic rings. The van der Waals surface area contributed by atoms with Crippen molar-refractivity contribution in [2.24, 2.45) is 0 Å². The molecule has 6 heteroatoms. The molecule has 0 saturated carbocycles. The second-order valence-electron chi connectivity index (χ2n) is 5.77. The molecule has 0 atom stereocenters. The Labute approximate surface area is 151 Å². The van der Waals surface area contributed by atoms with Crippen LogP contribution in [-0.2, 0) is 27.5 Å². The fourth-order valence-corrected chi connectivity index (χ4v) is 3.66. The fourth-order valence-electron chi connectivity index (χ4n) is 2.72. The molecule has 3 rings (SSSR count). The van der Waals surface area contributed by atoms with E-state index in [0.29, 0.717) is 18.9 Å². The van der Waals surface area contributed by atoms with Crippen molar-refractivity contribution in [3.63, 3.8) is 0 Å². The smallest absolute Gasteiger partial charge is 0.240 e. The molecule has 0 saturated heterocycles. The number of nitrogens with zero attached hydrogens (tertiary/aromatic N) is 1. The first-order valence-corrected chi connectivity index (χ1v) is 9.01. The molecule has 2 aromatic carbocycles. The highest BCUT2D eigenvalue weighted by atomic mass is 32.2. The summed E-state index contributed by atoms with van der Waals surface area (Å²) in [6, 6.07) is 15.5. The fraction of sp³-hybridized carbons (Fsp3) is 0.263. The third-order valence-corrected chi connectivity index (χ3v) is 4.95. The topological polar surface area (TPSA) is 58.6 Å². The van der Waals surface area contributed by atoms with E-state index in [1.807, 2.05) is 48.5 Å². The van der Waals surface area contributed by atoms with E-state index in [1.54, 1.807) is 12.0 Å². The zero-order valence-electron chi connectivity index (χ0n) is 14.0. The number of para-hydroxylation sites is 1. The van der Waals surface area contributed by atoms with Crippen LogP contribution in [0.5, 0.6) is 0 Å². The van der Waals surface area contributed by atoms with Crippen molar-refractivity contribution in [3.05, 3.63) is 59.7 Å². The summed E-state index contributed by atoms with van der Waals surface area (Å²) in [4.78, 5) is 27.1. The molecule has 1 N–H and O–H groups in total. The van der Waals surface area contributed by atoms with E-state index in [9.17, 15) is 9.59 Å². The second-order valence-corrected chi connectivity index (χ2v) is 6.78. The van der Waals surface area contributed by atoms with Gasteiger partial charge < -0.3 is 15.0 Å². The van der Waals surface area contributed by atoms with Crippen LogP contribution in [0.15, 0.2) is 53.4 Å². The number of hydrogen-bond acceptors (Lipinski definition) is 4. The quantitative estimate of drug-likeness (QED) is 0.864. The van der Waals surface area contributed by atoms with Crippen molar-refractivity contribution >= 4 is 29.3 Å². The largest absolute Gasteiger partial charge is 0.380 e. The van der Waals surface area contributed by atoms with Gasteiger partial charge in [0.2, 0.25) is 11.8 Å². The van der Waals surface area contributed by atoms with Crippen LogP contribution in [0.25, 0.3) is 0 Å². The van der Waals surface area contributed by atoms with E-state index < -0.39 is 0 Å². The number of carbonyl (C=O) groups is 2. The van der Waals surface area contributed by atoms with E-state index in [4.69, 9.17) is 4.74 Å². The lowest BCUT2D eigenvalue weighted by atomic mass is 10.1. The molecule has 1 aliphatic heterocycles. The van der Waals surface area contributed by atoms with Crippen molar-refractivity contribution in [1.82, 2.24) is 5.32 Å². The lowest BCUT2D eigenvalue weighted by Gasteiger charge is -2.28. The number of methoxy groups -OCH3 is 1. The first-order valence-electron chi connectivity index (χ1n) is 8.03. The maximum Gasteiger partial charge on any atom is 0.240 e. The molecule has 0 spiro atoms. The minimum atomic E-state index is -0.174. The average molecular weight is 356 g/mol. The molecule has 1 heterocycles. The van der Waals surface area contributed by atoms with Crippen LogP contribution in [0.4, 0.5) is 5.69 Å². The van der Waals surface area contributed by atoms with Gasteiger partial charge in [-0.25, -0.2) is 0 Å².